The quantitative estimate of drug-likeness (QED) is 0.0243. The third-order valence-corrected chi connectivity index (χ3v) is 13.8. The lowest BCUT2D eigenvalue weighted by molar-refractivity contribution is -0.870. The summed E-state index contributed by atoms with van der Waals surface area (Å²) in [5.74, 6) is -0.186. The standard InChI is InChI=1S/C57H111N2O6P/c1-6-8-10-12-14-16-18-20-22-24-26-28-29-30-31-32-34-36-38-40-42-44-46-48-50-56(60)55(54-65-66(62,63)64-53-52-59(3,4)5)58-57(61)51-49-47-45-43-41-39-37-35-33-27-25-23-21-19-17-15-13-11-9-7-2/h32,34,40,42,48,50,55-56,60H,6-31,33,35-39,41,43-47,49,51-54H2,1-5H3,(H-,58,61,62,63)/p+1/b34-32+,42-40+,50-48+. The zero-order valence-electron chi connectivity index (χ0n) is 44.4. The Balaban J connectivity index is 4.29. The summed E-state index contributed by atoms with van der Waals surface area (Å²) in [5.41, 5.74) is 0. The molecule has 0 fully saturated rings. The van der Waals surface area contributed by atoms with E-state index in [1.54, 1.807) is 6.08 Å². The van der Waals surface area contributed by atoms with E-state index in [1.807, 2.05) is 27.2 Å². The fourth-order valence-corrected chi connectivity index (χ4v) is 9.11. The van der Waals surface area contributed by atoms with Crippen LogP contribution in [0.1, 0.15) is 271 Å². The molecule has 1 amide bonds. The normalized spacial score (nSPS) is 14.2. The van der Waals surface area contributed by atoms with Crippen molar-refractivity contribution >= 4 is 13.7 Å². The Morgan fingerprint density at radius 3 is 1.21 bits per heavy atom. The van der Waals surface area contributed by atoms with E-state index in [0.29, 0.717) is 17.4 Å². The number of carbonyl (C=O) groups excluding carboxylic acids is 1. The molecule has 3 N–H and O–H groups in total. The summed E-state index contributed by atoms with van der Waals surface area (Å²) in [6, 6.07) is -0.867. The summed E-state index contributed by atoms with van der Waals surface area (Å²) in [5, 5.41) is 13.9. The maximum absolute atomic E-state index is 13.0. The Kier molecular flexibility index (Phi) is 47.8. The molecule has 0 saturated heterocycles. The van der Waals surface area contributed by atoms with Crippen LogP contribution in [0.3, 0.4) is 0 Å². The van der Waals surface area contributed by atoms with Gasteiger partial charge in [0, 0.05) is 6.42 Å². The van der Waals surface area contributed by atoms with Crippen LogP contribution < -0.4 is 5.32 Å². The number of phosphoric acid groups is 1. The van der Waals surface area contributed by atoms with Crippen LogP contribution in [0.15, 0.2) is 36.5 Å². The third kappa shape index (κ3) is 50.6. The highest BCUT2D eigenvalue weighted by Gasteiger charge is 2.27. The Morgan fingerprint density at radius 2 is 0.833 bits per heavy atom. The number of unbranched alkanes of at least 4 members (excludes halogenated alkanes) is 35. The van der Waals surface area contributed by atoms with Gasteiger partial charge < -0.3 is 19.8 Å². The largest absolute Gasteiger partial charge is 0.472 e. The van der Waals surface area contributed by atoms with Gasteiger partial charge in [-0.15, -0.1) is 0 Å². The number of allylic oxidation sites excluding steroid dienone is 5. The summed E-state index contributed by atoms with van der Waals surface area (Å²) < 4.78 is 23.7. The molecule has 3 unspecified atom stereocenters. The molecule has 8 nitrogen and oxygen atoms in total. The van der Waals surface area contributed by atoms with E-state index in [4.69, 9.17) is 9.05 Å². The third-order valence-electron chi connectivity index (χ3n) is 12.8. The topological polar surface area (TPSA) is 105 Å². The molecule has 0 aliphatic rings. The molecule has 0 aromatic carbocycles. The van der Waals surface area contributed by atoms with E-state index in [-0.39, 0.29) is 19.1 Å². The average Bonchev–Trinajstić information content (AvgIpc) is 3.28. The van der Waals surface area contributed by atoms with Crippen molar-refractivity contribution in [3.05, 3.63) is 36.5 Å². The predicted octanol–water partition coefficient (Wildman–Crippen LogP) is 17.0. The second kappa shape index (κ2) is 48.7. The molecule has 9 heteroatoms. The van der Waals surface area contributed by atoms with E-state index in [1.165, 1.54) is 205 Å². The highest BCUT2D eigenvalue weighted by atomic mass is 31.2. The number of rotatable bonds is 52. The highest BCUT2D eigenvalue weighted by molar-refractivity contribution is 7.47. The van der Waals surface area contributed by atoms with Crippen molar-refractivity contribution < 1.29 is 32.9 Å². The summed E-state index contributed by atoms with van der Waals surface area (Å²) >= 11 is 0. The van der Waals surface area contributed by atoms with Gasteiger partial charge in [-0.3, -0.25) is 13.8 Å². The van der Waals surface area contributed by atoms with Crippen LogP contribution in [0.2, 0.25) is 0 Å². The van der Waals surface area contributed by atoms with Gasteiger partial charge in [-0.25, -0.2) is 4.57 Å². The first-order valence-corrected chi connectivity index (χ1v) is 29.9. The van der Waals surface area contributed by atoms with Crippen LogP contribution in [0.5, 0.6) is 0 Å². The van der Waals surface area contributed by atoms with Crippen LogP contribution in [0, 0.1) is 0 Å². The molecule has 0 bridgehead atoms. The van der Waals surface area contributed by atoms with Crippen LogP contribution in [0.25, 0.3) is 0 Å². The number of aliphatic hydroxyl groups excluding tert-OH is 1. The van der Waals surface area contributed by atoms with Gasteiger partial charge in [0.15, 0.2) is 0 Å². The molecule has 0 heterocycles. The van der Waals surface area contributed by atoms with E-state index < -0.39 is 20.0 Å². The molecular weight excluding hydrogens is 840 g/mol. The fourth-order valence-electron chi connectivity index (χ4n) is 8.37. The van der Waals surface area contributed by atoms with E-state index >= 15 is 0 Å². The van der Waals surface area contributed by atoms with Crippen molar-refractivity contribution in [1.82, 2.24) is 5.32 Å². The zero-order valence-corrected chi connectivity index (χ0v) is 45.3. The number of carbonyl (C=O) groups is 1. The molecule has 0 rings (SSSR count). The number of nitrogens with one attached hydrogen (secondary N) is 1. The number of quaternary nitrogens is 1. The lowest BCUT2D eigenvalue weighted by atomic mass is 10.0. The van der Waals surface area contributed by atoms with Gasteiger partial charge in [0.1, 0.15) is 13.2 Å². The number of hydrogen-bond donors (Lipinski definition) is 3. The molecule has 0 aliphatic carbocycles. The Labute approximate surface area is 410 Å². The van der Waals surface area contributed by atoms with Crippen molar-refractivity contribution in [2.24, 2.45) is 0 Å². The van der Waals surface area contributed by atoms with Crippen molar-refractivity contribution in [2.75, 3.05) is 40.9 Å². The maximum Gasteiger partial charge on any atom is 0.472 e. The van der Waals surface area contributed by atoms with Gasteiger partial charge in [0.2, 0.25) is 5.91 Å². The van der Waals surface area contributed by atoms with Crippen molar-refractivity contribution in [1.29, 1.82) is 0 Å². The molecule has 3 atom stereocenters. The van der Waals surface area contributed by atoms with Gasteiger partial charge in [0.05, 0.1) is 39.9 Å². The number of nitrogens with zero attached hydrogens (tertiary/aromatic N) is 1. The lowest BCUT2D eigenvalue weighted by Crippen LogP contribution is -2.45. The molecule has 0 aliphatic heterocycles. The van der Waals surface area contributed by atoms with Gasteiger partial charge in [-0.1, -0.05) is 256 Å². The number of hydrogen-bond acceptors (Lipinski definition) is 5. The van der Waals surface area contributed by atoms with Gasteiger partial charge in [-0.05, 0) is 44.9 Å². The number of phosphoric ester groups is 1. The lowest BCUT2D eigenvalue weighted by Gasteiger charge is -2.25. The van der Waals surface area contributed by atoms with E-state index in [9.17, 15) is 19.4 Å². The maximum atomic E-state index is 13.0. The minimum atomic E-state index is -4.36. The first kappa shape index (κ1) is 64.7. The van der Waals surface area contributed by atoms with Crippen molar-refractivity contribution in [3.8, 4) is 0 Å². The smallest absolute Gasteiger partial charge is 0.387 e. The predicted molar refractivity (Wildman–Crippen MR) is 286 cm³/mol. The minimum Gasteiger partial charge on any atom is -0.387 e. The van der Waals surface area contributed by atoms with Crippen LogP contribution in [0.4, 0.5) is 0 Å². The zero-order chi connectivity index (χ0) is 48.5. The Hall–Kier alpha value is -1.28. The molecule has 390 valence electrons. The SMILES string of the molecule is CCCCCCCCCCCCCCCC/C=C/CC/C=C/CC/C=C/C(O)C(COP(=O)(O)OCC[N+](C)(C)C)NC(=O)CCCCCCCCCCCCCCCCCCCCCC. The minimum absolute atomic E-state index is 0.0551. The summed E-state index contributed by atoms with van der Waals surface area (Å²) in [7, 11) is 1.56. The second-order valence-corrected chi connectivity index (χ2v) is 22.1. The molecule has 0 aromatic heterocycles. The van der Waals surface area contributed by atoms with Gasteiger partial charge in [-0.2, -0.15) is 0 Å². The summed E-state index contributed by atoms with van der Waals surface area (Å²) in [6.45, 7) is 4.82. The number of aliphatic hydroxyl groups is 1. The monoisotopic (exact) mass is 952 g/mol. The molecule has 0 spiro atoms. The summed E-state index contributed by atoms with van der Waals surface area (Å²) in [4.78, 5) is 23.3. The average molecular weight is 953 g/mol. The fraction of sp³-hybridized carbons (Fsp3) is 0.877. The molecule has 0 saturated carbocycles. The Morgan fingerprint density at radius 1 is 0.500 bits per heavy atom. The number of amides is 1. The molecule has 0 radical (unpaired) electrons. The first-order valence-electron chi connectivity index (χ1n) is 28.4. The molecular formula is C57H112N2O6P+. The van der Waals surface area contributed by atoms with Crippen molar-refractivity contribution in [2.45, 2.75) is 283 Å². The highest BCUT2D eigenvalue weighted by Crippen LogP contribution is 2.43. The first-order chi connectivity index (χ1) is 32.0. The second-order valence-electron chi connectivity index (χ2n) is 20.7. The van der Waals surface area contributed by atoms with Crippen molar-refractivity contribution in [3.63, 3.8) is 0 Å². The van der Waals surface area contributed by atoms with Gasteiger partial charge >= 0.3 is 7.82 Å². The molecule has 0 aromatic rings. The van der Waals surface area contributed by atoms with E-state index in [0.717, 1.165) is 44.9 Å². The van der Waals surface area contributed by atoms with Gasteiger partial charge in [0.25, 0.3) is 0 Å². The summed E-state index contributed by atoms with van der Waals surface area (Å²) in [6.07, 6.45) is 62.5. The molecule has 66 heavy (non-hydrogen) atoms. The Bertz CT molecular complexity index is 1170. The van der Waals surface area contributed by atoms with Crippen LogP contribution >= 0.6 is 7.82 Å². The van der Waals surface area contributed by atoms with Crippen LogP contribution in [-0.2, 0) is 18.4 Å². The van der Waals surface area contributed by atoms with Crippen LogP contribution in [-0.4, -0.2) is 73.4 Å². The number of likely N-dealkylation sites (N-methyl/N-ethyl adjacent to an activating group) is 1. The van der Waals surface area contributed by atoms with E-state index in [2.05, 4.69) is 43.5 Å².